The molecule has 0 heterocycles. The van der Waals surface area contributed by atoms with Crippen molar-refractivity contribution in [3.8, 4) is 5.75 Å². The van der Waals surface area contributed by atoms with Crippen LogP contribution < -0.4 is 15.0 Å². The molecule has 0 saturated heterocycles. The van der Waals surface area contributed by atoms with E-state index in [2.05, 4.69) is 0 Å². The first kappa shape index (κ1) is 28.5. The fraction of sp³-hybridized carbons (Fsp3) is 0.500. The molecule has 0 bridgehead atoms. The molecule has 0 aliphatic heterocycles. The zero-order chi connectivity index (χ0) is 29.0. The molecule has 0 spiro atoms. The molecule has 3 aliphatic rings. The Morgan fingerprint density at radius 3 is 2.36 bits per heavy atom. The van der Waals surface area contributed by atoms with Gasteiger partial charge in [0.05, 0.1) is 18.2 Å². The minimum absolute atomic E-state index is 0.0145. The number of nitrogens with zero attached hydrogens (tertiary/aromatic N) is 2. The van der Waals surface area contributed by atoms with Crippen molar-refractivity contribution in [2.75, 3.05) is 46.6 Å². The molecule has 212 valence electrons. The quantitative estimate of drug-likeness (QED) is 0.158. The third-order valence-corrected chi connectivity index (χ3v) is 7.84. The van der Waals surface area contributed by atoms with Crippen LogP contribution in [0.1, 0.15) is 23.1 Å². The fourth-order valence-electron chi connectivity index (χ4n) is 6.22. The zero-order valence-electron chi connectivity index (χ0n) is 22.1. The van der Waals surface area contributed by atoms with Crippen LogP contribution in [0.5, 0.6) is 5.75 Å². The van der Waals surface area contributed by atoms with Crippen LogP contribution in [0.4, 0.5) is 5.69 Å². The Hall–Kier alpha value is -3.49. The third kappa shape index (κ3) is 4.08. The molecule has 13 heteroatoms. The molecule has 1 saturated carbocycles. The number of likely N-dealkylation sites (N-methyl/N-ethyl adjacent to an activating group) is 1. The van der Waals surface area contributed by atoms with Gasteiger partial charge < -0.3 is 45.6 Å². The summed E-state index contributed by atoms with van der Waals surface area (Å²) < 4.78 is 5.36. The predicted octanol–water partition coefficient (Wildman–Crippen LogP) is -1.27. The number of Topliss-reactive ketones (excluding diaryl/α,β-unsaturated/α-hetero) is 2. The molecule has 4 atom stereocenters. The van der Waals surface area contributed by atoms with Gasteiger partial charge in [0, 0.05) is 36.8 Å². The van der Waals surface area contributed by atoms with Gasteiger partial charge in [-0.2, -0.15) is 0 Å². The number of aliphatic hydroxyl groups is 6. The normalized spacial score (nSPS) is 26.3. The van der Waals surface area contributed by atoms with Crippen molar-refractivity contribution < 1.29 is 49.8 Å². The topological polar surface area (TPSA) is 200 Å². The molecule has 13 nitrogen and oxygen atoms in total. The number of benzene rings is 1. The molecule has 4 rings (SSSR count). The van der Waals surface area contributed by atoms with Crippen molar-refractivity contribution >= 4 is 28.9 Å². The lowest BCUT2D eigenvalue weighted by molar-refractivity contribution is -0.153. The van der Waals surface area contributed by atoms with Crippen molar-refractivity contribution in [2.45, 2.75) is 31.1 Å². The van der Waals surface area contributed by atoms with Crippen LogP contribution in [0.15, 0.2) is 23.0 Å². The molecule has 1 aromatic rings. The molecule has 39 heavy (non-hydrogen) atoms. The van der Waals surface area contributed by atoms with Gasteiger partial charge >= 0.3 is 0 Å². The van der Waals surface area contributed by atoms with Crippen LogP contribution in [0.2, 0.25) is 0 Å². The molecule has 1 fully saturated rings. The number of nitrogens with one attached hydrogen (secondary N) is 1. The average Bonchev–Trinajstić information content (AvgIpc) is 2.86. The standard InChI is InChI=1S/C26H33N3O10/c1-28(2)15-7-12(8-30)22(39-10-32)17-13(15)5-11-6-14-19(29(3)4)21(34)18(25(37)27-9-31)24(36)26(14,38)23(35)16(11)20(17)33/h7,11,14,19,30-33,36,38H,5-6,8-10H2,1-4H3,(H,27,37)/t11-,14-,19-,26-/m0/s1. The highest BCUT2D eigenvalue weighted by atomic mass is 16.6. The lowest BCUT2D eigenvalue weighted by Gasteiger charge is -2.50. The van der Waals surface area contributed by atoms with E-state index in [0.29, 0.717) is 11.3 Å². The van der Waals surface area contributed by atoms with Crippen LogP contribution in [-0.2, 0) is 27.4 Å². The van der Waals surface area contributed by atoms with E-state index in [9.17, 15) is 39.9 Å². The summed E-state index contributed by atoms with van der Waals surface area (Å²) in [6, 6.07) is 0.467. The minimum atomic E-state index is -2.74. The SMILES string of the molecule is CN(C)c1cc(CO)c(OCO)c2c1C[C@H]1C[C@H]3[C@H](N(C)C)C(=O)C(C(=O)NCO)=C(O)[C@@]3(O)C(=O)C1=C2O. The Kier molecular flexibility index (Phi) is 7.49. The van der Waals surface area contributed by atoms with Crippen LogP contribution in [-0.4, -0.2) is 106 Å². The Morgan fingerprint density at radius 2 is 1.82 bits per heavy atom. The van der Waals surface area contributed by atoms with E-state index in [1.807, 2.05) is 5.32 Å². The summed E-state index contributed by atoms with van der Waals surface area (Å²) in [5, 5.41) is 65.1. The Morgan fingerprint density at radius 1 is 1.15 bits per heavy atom. The van der Waals surface area contributed by atoms with Crippen LogP contribution in [0.25, 0.3) is 5.76 Å². The van der Waals surface area contributed by atoms with Gasteiger partial charge in [0.1, 0.15) is 29.6 Å². The van der Waals surface area contributed by atoms with Gasteiger partial charge in [0.25, 0.3) is 5.91 Å². The van der Waals surface area contributed by atoms with Crippen LogP contribution in [0.3, 0.4) is 0 Å². The van der Waals surface area contributed by atoms with E-state index in [0.717, 1.165) is 0 Å². The summed E-state index contributed by atoms with van der Waals surface area (Å²) in [6.07, 6.45) is 0.157. The monoisotopic (exact) mass is 547 g/mol. The smallest absolute Gasteiger partial charge is 0.260 e. The Bertz CT molecular complexity index is 1300. The van der Waals surface area contributed by atoms with Crippen molar-refractivity contribution in [3.63, 3.8) is 0 Å². The van der Waals surface area contributed by atoms with E-state index in [1.165, 1.54) is 19.0 Å². The Balaban J connectivity index is 2.01. The number of ketones is 2. The van der Waals surface area contributed by atoms with Gasteiger partial charge in [-0.15, -0.1) is 0 Å². The average molecular weight is 548 g/mol. The second-order valence-corrected chi connectivity index (χ2v) is 10.3. The highest BCUT2D eigenvalue weighted by Crippen LogP contribution is 2.54. The molecule has 1 aromatic carbocycles. The number of ether oxygens (including phenoxy) is 1. The highest BCUT2D eigenvalue weighted by Gasteiger charge is 2.64. The molecule has 7 N–H and O–H groups in total. The van der Waals surface area contributed by atoms with E-state index >= 15 is 0 Å². The van der Waals surface area contributed by atoms with E-state index in [-0.39, 0.29) is 35.3 Å². The number of anilines is 1. The van der Waals surface area contributed by atoms with Gasteiger partial charge in [-0.1, -0.05) is 0 Å². The zero-order valence-corrected chi connectivity index (χ0v) is 22.1. The van der Waals surface area contributed by atoms with Crippen molar-refractivity contribution in [3.05, 3.63) is 39.7 Å². The highest BCUT2D eigenvalue weighted by molar-refractivity contribution is 6.25. The van der Waals surface area contributed by atoms with Crippen molar-refractivity contribution in [2.24, 2.45) is 11.8 Å². The number of carbonyl (C=O) groups excluding carboxylic acids is 3. The van der Waals surface area contributed by atoms with E-state index < -0.39 is 78.2 Å². The molecular weight excluding hydrogens is 514 g/mol. The van der Waals surface area contributed by atoms with Gasteiger partial charge in [0.2, 0.25) is 5.78 Å². The van der Waals surface area contributed by atoms with E-state index in [1.54, 1.807) is 25.1 Å². The molecule has 0 aromatic heterocycles. The second-order valence-electron chi connectivity index (χ2n) is 10.3. The second kappa shape index (κ2) is 10.2. The number of rotatable bonds is 7. The third-order valence-electron chi connectivity index (χ3n) is 7.84. The maximum absolute atomic E-state index is 14.1. The molecule has 0 unspecified atom stereocenters. The fourth-order valence-corrected chi connectivity index (χ4v) is 6.22. The maximum atomic E-state index is 14.1. The summed E-state index contributed by atoms with van der Waals surface area (Å²) in [4.78, 5) is 43.3. The summed E-state index contributed by atoms with van der Waals surface area (Å²) in [6.45, 7) is -2.15. The number of hydrogen-bond acceptors (Lipinski definition) is 12. The predicted molar refractivity (Wildman–Crippen MR) is 137 cm³/mol. The molecule has 0 radical (unpaired) electrons. The van der Waals surface area contributed by atoms with Crippen molar-refractivity contribution in [1.29, 1.82) is 0 Å². The number of carbonyl (C=O) groups is 3. The number of amides is 1. The van der Waals surface area contributed by atoms with Gasteiger partial charge in [-0.05, 0) is 44.5 Å². The first-order valence-electron chi connectivity index (χ1n) is 12.3. The number of aliphatic hydroxyl groups excluding tert-OH is 5. The van der Waals surface area contributed by atoms with Crippen LogP contribution >= 0.6 is 0 Å². The molecule has 1 amide bonds. The van der Waals surface area contributed by atoms with Crippen LogP contribution in [0, 0.1) is 11.8 Å². The lowest BCUT2D eigenvalue weighted by Crippen LogP contribution is -2.65. The number of hydrogen-bond donors (Lipinski definition) is 7. The number of fused-ring (bicyclic) bond motifs is 3. The largest absolute Gasteiger partial charge is 0.508 e. The van der Waals surface area contributed by atoms with Gasteiger partial charge in [-0.25, -0.2) is 0 Å². The summed E-state index contributed by atoms with van der Waals surface area (Å²) in [5.41, 5.74) is -2.35. The Labute approximate surface area is 224 Å². The van der Waals surface area contributed by atoms with E-state index in [4.69, 9.17) is 9.84 Å². The van der Waals surface area contributed by atoms with Gasteiger partial charge in [0.15, 0.2) is 18.2 Å². The summed E-state index contributed by atoms with van der Waals surface area (Å²) in [7, 11) is 6.59. The minimum Gasteiger partial charge on any atom is -0.508 e. The molecular formula is C26H33N3O10. The van der Waals surface area contributed by atoms with Gasteiger partial charge in [-0.3, -0.25) is 19.3 Å². The summed E-state index contributed by atoms with van der Waals surface area (Å²) in [5.74, 6) is -6.69. The first-order valence-corrected chi connectivity index (χ1v) is 12.3. The first-order chi connectivity index (χ1) is 18.4. The maximum Gasteiger partial charge on any atom is 0.260 e. The molecule has 3 aliphatic carbocycles. The lowest BCUT2D eigenvalue weighted by atomic mass is 9.57. The summed E-state index contributed by atoms with van der Waals surface area (Å²) >= 11 is 0. The van der Waals surface area contributed by atoms with Crippen molar-refractivity contribution in [1.82, 2.24) is 10.2 Å².